The molecule has 2 aromatic rings. The summed E-state index contributed by atoms with van der Waals surface area (Å²) in [5.74, 6) is 0. The molecular formula is C16H25ClN2O2. The number of rotatable bonds is 3. The normalized spacial score (nSPS) is 8.76. The Balaban J connectivity index is 0. The quantitative estimate of drug-likeness (QED) is 0.872. The zero-order valence-electron chi connectivity index (χ0n) is 12.9. The molecule has 4 nitrogen and oxygen atoms in total. The molecule has 118 valence electrons. The van der Waals surface area contributed by atoms with Crippen LogP contribution in [0.25, 0.3) is 11.1 Å². The molecule has 0 spiro atoms. The van der Waals surface area contributed by atoms with Crippen LogP contribution in [0.3, 0.4) is 0 Å². The van der Waals surface area contributed by atoms with Gasteiger partial charge in [-0.25, -0.2) is 0 Å². The van der Waals surface area contributed by atoms with Crippen molar-refractivity contribution in [2.24, 2.45) is 0 Å². The Morgan fingerprint density at radius 3 is 0.952 bits per heavy atom. The van der Waals surface area contributed by atoms with E-state index in [9.17, 15) is 0 Å². The lowest BCUT2D eigenvalue weighted by atomic mass is 10.0. The Bertz CT molecular complexity index is 461. The number of benzene rings is 2. The van der Waals surface area contributed by atoms with Crippen LogP contribution in [-0.2, 0) is 0 Å². The molecule has 0 aliphatic rings. The maximum Gasteiger partial charge on any atom is 0.0361 e. The maximum atomic E-state index is 2.17. The second kappa shape index (κ2) is 9.23. The second-order valence-electron chi connectivity index (χ2n) is 4.88. The SMILES string of the molecule is CN(C)c1ccc(-c2ccc(N(C)C)cc2)cc1.Cl.O.O. The smallest absolute Gasteiger partial charge is 0.0361 e. The Morgan fingerprint density at radius 2 is 0.762 bits per heavy atom. The van der Waals surface area contributed by atoms with Crippen LogP contribution in [-0.4, -0.2) is 39.1 Å². The molecular weight excluding hydrogens is 288 g/mol. The van der Waals surface area contributed by atoms with E-state index in [2.05, 4.69) is 86.5 Å². The number of hydrogen-bond acceptors (Lipinski definition) is 2. The predicted octanol–water partition coefficient (Wildman–Crippen LogP) is 2.26. The fraction of sp³-hybridized carbons (Fsp3) is 0.250. The summed E-state index contributed by atoms with van der Waals surface area (Å²) in [5, 5.41) is 0. The van der Waals surface area contributed by atoms with Gasteiger partial charge in [-0.2, -0.15) is 0 Å². The molecule has 0 radical (unpaired) electrons. The summed E-state index contributed by atoms with van der Waals surface area (Å²) in [6, 6.07) is 17.3. The molecule has 0 atom stereocenters. The van der Waals surface area contributed by atoms with Crippen molar-refractivity contribution in [1.29, 1.82) is 0 Å². The van der Waals surface area contributed by atoms with E-state index in [1.165, 1.54) is 22.5 Å². The van der Waals surface area contributed by atoms with Gasteiger partial charge in [0.15, 0.2) is 0 Å². The third-order valence-electron chi connectivity index (χ3n) is 3.10. The molecule has 0 amide bonds. The first-order chi connectivity index (χ1) is 8.58. The van der Waals surface area contributed by atoms with Gasteiger partial charge in [0.05, 0.1) is 0 Å². The van der Waals surface area contributed by atoms with E-state index in [1.54, 1.807) is 0 Å². The van der Waals surface area contributed by atoms with Crippen molar-refractivity contribution in [3.05, 3.63) is 48.5 Å². The summed E-state index contributed by atoms with van der Waals surface area (Å²) < 4.78 is 0. The van der Waals surface area contributed by atoms with Crippen LogP contribution < -0.4 is 9.80 Å². The van der Waals surface area contributed by atoms with Crippen LogP contribution in [0.2, 0.25) is 0 Å². The molecule has 0 unspecified atom stereocenters. The standard InChI is InChI=1S/C16H20N2.ClH.2H2O/c1-17(2)15-9-5-13(6-10-15)14-7-11-16(12-8-14)18(3)4;;;/h5-12H,1-4H3;1H;2*1H2. The highest BCUT2D eigenvalue weighted by atomic mass is 35.5. The van der Waals surface area contributed by atoms with Crippen molar-refractivity contribution in [1.82, 2.24) is 0 Å². The molecule has 2 aromatic carbocycles. The monoisotopic (exact) mass is 312 g/mol. The molecule has 0 aliphatic heterocycles. The van der Waals surface area contributed by atoms with Crippen LogP contribution >= 0.6 is 12.4 Å². The van der Waals surface area contributed by atoms with Crippen LogP contribution in [0.15, 0.2) is 48.5 Å². The predicted molar refractivity (Wildman–Crippen MR) is 95.0 cm³/mol. The van der Waals surface area contributed by atoms with Crippen LogP contribution in [0.4, 0.5) is 11.4 Å². The van der Waals surface area contributed by atoms with E-state index >= 15 is 0 Å². The first kappa shape index (κ1) is 21.5. The summed E-state index contributed by atoms with van der Waals surface area (Å²) in [5.41, 5.74) is 4.96. The lowest BCUT2D eigenvalue weighted by Gasteiger charge is -2.14. The average molecular weight is 313 g/mol. The first-order valence-corrected chi connectivity index (χ1v) is 6.13. The second-order valence-corrected chi connectivity index (χ2v) is 4.88. The largest absolute Gasteiger partial charge is 0.412 e. The van der Waals surface area contributed by atoms with Crippen molar-refractivity contribution in [3.8, 4) is 11.1 Å². The minimum absolute atomic E-state index is 0. The topological polar surface area (TPSA) is 69.5 Å². The van der Waals surface area contributed by atoms with Gasteiger partial charge in [0, 0.05) is 39.6 Å². The summed E-state index contributed by atoms with van der Waals surface area (Å²) in [7, 11) is 8.23. The summed E-state index contributed by atoms with van der Waals surface area (Å²) in [4.78, 5) is 4.22. The van der Waals surface area contributed by atoms with Gasteiger partial charge in [-0.15, -0.1) is 12.4 Å². The highest BCUT2D eigenvalue weighted by Crippen LogP contribution is 2.24. The minimum Gasteiger partial charge on any atom is -0.412 e. The van der Waals surface area contributed by atoms with E-state index in [1.807, 2.05) is 0 Å². The van der Waals surface area contributed by atoms with Gasteiger partial charge in [0.1, 0.15) is 0 Å². The Kier molecular flexibility index (Phi) is 9.47. The zero-order chi connectivity index (χ0) is 13.1. The molecule has 2 rings (SSSR count). The molecule has 21 heavy (non-hydrogen) atoms. The number of halogens is 1. The third kappa shape index (κ3) is 5.27. The molecule has 5 heteroatoms. The minimum atomic E-state index is 0. The van der Waals surface area contributed by atoms with Gasteiger partial charge in [-0.1, -0.05) is 24.3 Å². The van der Waals surface area contributed by atoms with Crippen LogP contribution in [0.5, 0.6) is 0 Å². The molecule has 0 saturated carbocycles. The fourth-order valence-electron chi connectivity index (χ4n) is 1.90. The van der Waals surface area contributed by atoms with Crippen LogP contribution in [0, 0.1) is 0 Å². The lowest BCUT2D eigenvalue weighted by Crippen LogP contribution is -2.08. The average Bonchev–Trinajstić information content (AvgIpc) is 2.39. The summed E-state index contributed by atoms with van der Waals surface area (Å²) in [6.45, 7) is 0. The third-order valence-corrected chi connectivity index (χ3v) is 3.10. The number of anilines is 2. The number of nitrogens with zero attached hydrogens (tertiary/aromatic N) is 2. The van der Waals surface area contributed by atoms with E-state index in [0.29, 0.717) is 0 Å². The Labute approximate surface area is 133 Å². The van der Waals surface area contributed by atoms with Crippen LogP contribution in [0.1, 0.15) is 0 Å². The van der Waals surface area contributed by atoms with Gasteiger partial charge < -0.3 is 20.8 Å². The molecule has 0 bridgehead atoms. The van der Waals surface area contributed by atoms with E-state index in [-0.39, 0.29) is 23.4 Å². The van der Waals surface area contributed by atoms with Crippen molar-refractivity contribution in [2.45, 2.75) is 0 Å². The maximum absolute atomic E-state index is 2.17. The first-order valence-electron chi connectivity index (χ1n) is 6.13. The molecule has 4 N–H and O–H groups in total. The molecule has 0 aromatic heterocycles. The van der Waals surface area contributed by atoms with Crippen molar-refractivity contribution >= 4 is 23.8 Å². The highest BCUT2D eigenvalue weighted by Gasteiger charge is 2.00. The Hall–Kier alpha value is -1.75. The van der Waals surface area contributed by atoms with E-state index in [0.717, 1.165) is 0 Å². The van der Waals surface area contributed by atoms with Crippen molar-refractivity contribution in [2.75, 3.05) is 38.0 Å². The lowest BCUT2D eigenvalue weighted by molar-refractivity contribution is 0.823. The van der Waals surface area contributed by atoms with Gasteiger partial charge >= 0.3 is 0 Å². The van der Waals surface area contributed by atoms with E-state index in [4.69, 9.17) is 0 Å². The van der Waals surface area contributed by atoms with Gasteiger partial charge in [-0.05, 0) is 35.4 Å². The zero-order valence-corrected chi connectivity index (χ0v) is 13.7. The number of hydrogen-bond donors (Lipinski definition) is 0. The summed E-state index contributed by atoms with van der Waals surface area (Å²) in [6.07, 6.45) is 0. The molecule has 0 saturated heterocycles. The fourth-order valence-corrected chi connectivity index (χ4v) is 1.90. The van der Waals surface area contributed by atoms with Gasteiger partial charge in [0.25, 0.3) is 0 Å². The van der Waals surface area contributed by atoms with E-state index < -0.39 is 0 Å². The van der Waals surface area contributed by atoms with Gasteiger partial charge in [-0.3, -0.25) is 0 Å². The molecule has 0 fully saturated rings. The van der Waals surface area contributed by atoms with Crippen molar-refractivity contribution < 1.29 is 11.0 Å². The van der Waals surface area contributed by atoms with Gasteiger partial charge in [0.2, 0.25) is 0 Å². The molecule has 0 heterocycles. The van der Waals surface area contributed by atoms with Crippen molar-refractivity contribution in [3.63, 3.8) is 0 Å². The summed E-state index contributed by atoms with van der Waals surface area (Å²) >= 11 is 0. The Morgan fingerprint density at radius 1 is 0.524 bits per heavy atom. The highest BCUT2D eigenvalue weighted by molar-refractivity contribution is 5.85. The molecule has 0 aliphatic carbocycles.